The van der Waals surface area contributed by atoms with Crippen molar-refractivity contribution in [2.45, 2.75) is 69.6 Å². The summed E-state index contributed by atoms with van der Waals surface area (Å²) in [6, 6.07) is 8.56. The highest BCUT2D eigenvalue weighted by atomic mass is 16.5. The van der Waals surface area contributed by atoms with Gasteiger partial charge in [-0.25, -0.2) is 0 Å². The number of carbonyl (C=O) groups is 1. The van der Waals surface area contributed by atoms with Crippen LogP contribution in [-0.2, 0) is 19.7 Å². The molecule has 190 valence electrons. The van der Waals surface area contributed by atoms with Crippen molar-refractivity contribution in [3.63, 3.8) is 0 Å². The highest BCUT2D eigenvalue weighted by molar-refractivity contribution is 5.77. The molecule has 4 fully saturated rings. The maximum absolute atomic E-state index is 12.1. The monoisotopic (exact) mass is 473 g/mol. The molecule has 0 aliphatic heterocycles. The predicted molar refractivity (Wildman–Crippen MR) is 132 cm³/mol. The van der Waals surface area contributed by atoms with Crippen LogP contribution in [0.1, 0.15) is 69.8 Å². The smallest absolute Gasteiger partial charge is 0.258 e. The normalized spacial score (nSPS) is 27.1. The zero-order valence-electron chi connectivity index (χ0n) is 20.6. The van der Waals surface area contributed by atoms with E-state index in [1.807, 2.05) is 12.1 Å². The standard InChI is InChI=1S/C28H43NO5/c30-10-3-1-2-4-11-32-13-14-33-12-9-29-27(31)21-34-26-7-5-25(6-8-26)28-18-22-15-23(19-28)17-24(16-22)20-28/h5-8,22-24,30H,1-4,9-21H2,(H,29,31). The lowest BCUT2D eigenvalue weighted by molar-refractivity contribution is -0.123. The minimum Gasteiger partial charge on any atom is -0.484 e. The molecule has 4 bridgehead atoms. The number of carbonyl (C=O) groups excluding carboxylic acids is 1. The molecular formula is C28H43NO5. The molecule has 1 amide bonds. The Morgan fingerprint density at radius 1 is 0.853 bits per heavy atom. The van der Waals surface area contributed by atoms with E-state index in [0.29, 0.717) is 31.8 Å². The minimum absolute atomic E-state index is 0.0239. The number of aliphatic hydroxyl groups is 1. The number of hydrogen-bond acceptors (Lipinski definition) is 5. The molecule has 5 rings (SSSR count). The maximum atomic E-state index is 12.1. The van der Waals surface area contributed by atoms with Crippen LogP contribution >= 0.6 is 0 Å². The SMILES string of the molecule is O=C(COc1ccc(C23CC4CC(CC(C4)C2)C3)cc1)NCCOCCOCCCCCCO. The van der Waals surface area contributed by atoms with Crippen LogP contribution in [0.25, 0.3) is 0 Å². The summed E-state index contributed by atoms with van der Waals surface area (Å²) in [5, 5.41) is 11.6. The lowest BCUT2D eigenvalue weighted by atomic mass is 9.48. The molecule has 0 aromatic heterocycles. The molecule has 6 nitrogen and oxygen atoms in total. The van der Waals surface area contributed by atoms with Crippen LogP contribution in [0.15, 0.2) is 24.3 Å². The highest BCUT2D eigenvalue weighted by Crippen LogP contribution is 2.60. The van der Waals surface area contributed by atoms with Gasteiger partial charge in [-0.1, -0.05) is 25.0 Å². The van der Waals surface area contributed by atoms with Crippen molar-refractivity contribution in [2.24, 2.45) is 17.8 Å². The number of ether oxygens (including phenoxy) is 3. The topological polar surface area (TPSA) is 77.0 Å². The third-order valence-electron chi connectivity index (χ3n) is 8.01. The number of hydrogen-bond donors (Lipinski definition) is 2. The third kappa shape index (κ3) is 7.19. The number of rotatable bonds is 16. The average Bonchev–Trinajstić information content (AvgIpc) is 2.83. The van der Waals surface area contributed by atoms with Gasteiger partial charge in [0.25, 0.3) is 5.91 Å². The molecular weight excluding hydrogens is 430 g/mol. The predicted octanol–water partition coefficient (Wildman–Crippen LogP) is 4.24. The summed E-state index contributed by atoms with van der Waals surface area (Å²) in [5.41, 5.74) is 1.88. The third-order valence-corrected chi connectivity index (χ3v) is 8.01. The zero-order valence-corrected chi connectivity index (χ0v) is 20.6. The van der Waals surface area contributed by atoms with Gasteiger partial charge in [-0.2, -0.15) is 0 Å². The van der Waals surface area contributed by atoms with Crippen molar-refractivity contribution < 1.29 is 24.1 Å². The van der Waals surface area contributed by atoms with Crippen LogP contribution in [0.2, 0.25) is 0 Å². The zero-order chi connectivity index (χ0) is 23.6. The first-order chi connectivity index (χ1) is 16.7. The van der Waals surface area contributed by atoms with Crippen molar-refractivity contribution in [1.82, 2.24) is 5.32 Å². The number of amides is 1. The Kier molecular flexibility index (Phi) is 9.66. The van der Waals surface area contributed by atoms with Crippen LogP contribution in [0.3, 0.4) is 0 Å². The van der Waals surface area contributed by atoms with Gasteiger partial charge in [0, 0.05) is 19.8 Å². The second-order valence-corrected chi connectivity index (χ2v) is 10.7. The number of nitrogens with one attached hydrogen (secondary N) is 1. The van der Waals surface area contributed by atoms with Crippen LogP contribution in [0.4, 0.5) is 0 Å². The minimum atomic E-state index is -0.132. The van der Waals surface area contributed by atoms with E-state index in [0.717, 1.165) is 55.8 Å². The Bertz CT molecular complexity index is 714. The summed E-state index contributed by atoms with van der Waals surface area (Å²) in [6.45, 7) is 3.05. The summed E-state index contributed by atoms with van der Waals surface area (Å²) in [5.74, 6) is 3.45. The summed E-state index contributed by atoms with van der Waals surface area (Å²) < 4.78 is 16.7. The molecule has 2 N–H and O–H groups in total. The van der Waals surface area contributed by atoms with E-state index in [4.69, 9.17) is 19.3 Å². The molecule has 0 atom stereocenters. The fourth-order valence-electron chi connectivity index (χ4n) is 6.82. The molecule has 0 heterocycles. The van der Waals surface area contributed by atoms with Gasteiger partial charge in [0.1, 0.15) is 5.75 Å². The molecule has 0 saturated heterocycles. The Morgan fingerprint density at radius 2 is 1.47 bits per heavy atom. The van der Waals surface area contributed by atoms with E-state index < -0.39 is 0 Å². The van der Waals surface area contributed by atoms with Crippen LogP contribution in [-0.4, -0.2) is 57.2 Å². The molecule has 6 heteroatoms. The quantitative estimate of drug-likeness (QED) is 0.351. The van der Waals surface area contributed by atoms with Crippen molar-refractivity contribution in [3.8, 4) is 5.75 Å². The fourth-order valence-corrected chi connectivity index (χ4v) is 6.82. The average molecular weight is 474 g/mol. The van der Waals surface area contributed by atoms with E-state index in [1.54, 1.807) is 0 Å². The van der Waals surface area contributed by atoms with Gasteiger partial charge < -0.3 is 24.6 Å². The maximum Gasteiger partial charge on any atom is 0.258 e. The fraction of sp³-hybridized carbons (Fsp3) is 0.750. The number of unbranched alkanes of at least 4 members (excludes halogenated alkanes) is 3. The molecule has 4 aliphatic rings. The van der Waals surface area contributed by atoms with Gasteiger partial charge >= 0.3 is 0 Å². The van der Waals surface area contributed by atoms with Crippen molar-refractivity contribution in [3.05, 3.63) is 29.8 Å². The lowest BCUT2D eigenvalue weighted by Crippen LogP contribution is -2.48. The summed E-state index contributed by atoms with van der Waals surface area (Å²) in [7, 11) is 0. The molecule has 0 unspecified atom stereocenters. The Labute approximate surface area is 204 Å². The Balaban J connectivity index is 1.04. The summed E-state index contributed by atoms with van der Waals surface area (Å²) in [4.78, 5) is 12.1. The van der Waals surface area contributed by atoms with E-state index in [-0.39, 0.29) is 19.1 Å². The van der Waals surface area contributed by atoms with Crippen LogP contribution in [0.5, 0.6) is 5.75 Å². The molecule has 4 aliphatic carbocycles. The van der Waals surface area contributed by atoms with Gasteiger partial charge in [0.2, 0.25) is 0 Å². The van der Waals surface area contributed by atoms with E-state index in [9.17, 15) is 4.79 Å². The van der Waals surface area contributed by atoms with Crippen molar-refractivity contribution in [1.29, 1.82) is 0 Å². The van der Waals surface area contributed by atoms with Gasteiger partial charge in [-0.15, -0.1) is 0 Å². The van der Waals surface area contributed by atoms with Gasteiger partial charge in [-0.3, -0.25) is 4.79 Å². The lowest BCUT2D eigenvalue weighted by Gasteiger charge is -2.57. The highest BCUT2D eigenvalue weighted by Gasteiger charge is 2.51. The van der Waals surface area contributed by atoms with E-state index >= 15 is 0 Å². The first kappa shape index (κ1) is 25.5. The van der Waals surface area contributed by atoms with E-state index in [1.165, 1.54) is 44.1 Å². The molecule has 34 heavy (non-hydrogen) atoms. The Morgan fingerprint density at radius 3 is 2.12 bits per heavy atom. The number of aliphatic hydroxyl groups excluding tert-OH is 1. The molecule has 1 aromatic rings. The largest absolute Gasteiger partial charge is 0.484 e. The molecule has 0 spiro atoms. The van der Waals surface area contributed by atoms with Gasteiger partial charge in [0.15, 0.2) is 6.61 Å². The first-order valence-electron chi connectivity index (χ1n) is 13.4. The van der Waals surface area contributed by atoms with E-state index in [2.05, 4.69) is 17.4 Å². The first-order valence-corrected chi connectivity index (χ1v) is 13.4. The van der Waals surface area contributed by atoms with Crippen LogP contribution in [0, 0.1) is 17.8 Å². The van der Waals surface area contributed by atoms with Crippen molar-refractivity contribution in [2.75, 3.05) is 46.2 Å². The summed E-state index contributed by atoms with van der Waals surface area (Å²) >= 11 is 0. The van der Waals surface area contributed by atoms with Gasteiger partial charge in [0.05, 0.1) is 19.8 Å². The van der Waals surface area contributed by atoms with Crippen molar-refractivity contribution >= 4 is 5.91 Å². The molecule has 4 saturated carbocycles. The Hall–Kier alpha value is -1.63. The second kappa shape index (κ2) is 12.9. The molecule has 1 aromatic carbocycles. The van der Waals surface area contributed by atoms with Crippen LogP contribution < -0.4 is 10.1 Å². The summed E-state index contributed by atoms with van der Waals surface area (Å²) in [6.07, 6.45) is 12.5. The van der Waals surface area contributed by atoms with Gasteiger partial charge in [-0.05, 0) is 92.2 Å². The number of benzene rings is 1. The molecule has 0 radical (unpaired) electrons. The second-order valence-electron chi connectivity index (χ2n) is 10.7.